The van der Waals surface area contributed by atoms with E-state index in [1.54, 1.807) is 0 Å². The van der Waals surface area contributed by atoms with Crippen molar-refractivity contribution in [1.82, 2.24) is 14.1 Å². The molecule has 10 rings (SSSR count). The number of aromatic nitrogens is 3. The normalized spacial score (nSPS) is 11.8. The second-order valence-electron chi connectivity index (χ2n) is 12.5. The van der Waals surface area contributed by atoms with Crippen molar-refractivity contribution < 1.29 is 0 Å². The number of hydrogen-bond acceptors (Lipinski definition) is 1. The van der Waals surface area contributed by atoms with Crippen LogP contribution in [0, 0.1) is 0 Å². The summed E-state index contributed by atoms with van der Waals surface area (Å²) < 4.78 is 4.68. The van der Waals surface area contributed by atoms with Gasteiger partial charge in [-0.1, -0.05) is 121 Å². The van der Waals surface area contributed by atoms with Crippen molar-refractivity contribution in [3.63, 3.8) is 0 Å². The first-order chi connectivity index (χ1) is 23.8. The van der Waals surface area contributed by atoms with Crippen molar-refractivity contribution >= 4 is 43.6 Å². The lowest BCUT2D eigenvalue weighted by molar-refractivity contribution is 1.10. The van der Waals surface area contributed by atoms with Crippen molar-refractivity contribution in [1.29, 1.82) is 0 Å². The Hall–Kier alpha value is -6.45. The van der Waals surface area contributed by atoms with Gasteiger partial charge in [-0.25, -0.2) is 4.98 Å². The minimum Gasteiger partial charge on any atom is -0.309 e. The van der Waals surface area contributed by atoms with E-state index in [-0.39, 0.29) is 0 Å². The fraction of sp³-hybridized carbons (Fsp3) is 0. The molecule has 0 unspecified atom stereocenters. The largest absolute Gasteiger partial charge is 0.309 e. The van der Waals surface area contributed by atoms with E-state index in [2.05, 4.69) is 185 Å². The zero-order valence-electron chi connectivity index (χ0n) is 26.1. The minimum absolute atomic E-state index is 0.929. The van der Waals surface area contributed by atoms with Crippen LogP contribution in [-0.2, 0) is 0 Å². The van der Waals surface area contributed by atoms with Crippen LogP contribution in [0.2, 0.25) is 0 Å². The maximum absolute atomic E-state index is 5.24. The van der Waals surface area contributed by atoms with Gasteiger partial charge >= 0.3 is 0 Å². The Morgan fingerprint density at radius 3 is 1.69 bits per heavy atom. The fourth-order valence-corrected chi connectivity index (χ4v) is 7.45. The van der Waals surface area contributed by atoms with Crippen LogP contribution in [0.1, 0.15) is 0 Å². The lowest BCUT2D eigenvalue weighted by atomic mass is 9.97. The van der Waals surface area contributed by atoms with Crippen LogP contribution in [-0.4, -0.2) is 14.1 Å². The SMILES string of the molecule is c1ccc(-c2ccc3c(c2)nc(-c2ccc(-c4cc5ccc6cccc7c6c5c(c4)n7-c4ccccc4)cc2)n3-c2ccccc2)cc1. The van der Waals surface area contributed by atoms with Gasteiger partial charge in [0.1, 0.15) is 5.82 Å². The van der Waals surface area contributed by atoms with Gasteiger partial charge < -0.3 is 4.57 Å². The molecular formula is C45H29N3. The third-order valence-electron chi connectivity index (χ3n) is 9.66. The third-order valence-corrected chi connectivity index (χ3v) is 9.66. The highest BCUT2D eigenvalue weighted by Crippen LogP contribution is 2.41. The van der Waals surface area contributed by atoms with E-state index in [0.29, 0.717) is 0 Å². The van der Waals surface area contributed by atoms with E-state index in [0.717, 1.165) is 33.7 Å². The second kappa shape index (κ2) is 10.5. The van der Waals surface area contributed by atoms with Crippen molar-refractivity contribution in [2.45, 2.75) is 0 Å². The predicted molar refractivity (Wildman–Crippen MR) is 200 cm³/mol. The van der Waals surface area contributed by atoms with Crippen molar-refractivity contribution in [2.75, 3.05) is 0 Å². The molecule has 0 bridgehead atoms. The van der Waals surface area contributed by atoms with Crippen LogP contribution in [0.25, 0.3) is 88.6 Å². The maximum Gasteiger partial charge on any atom is 0.145 e. The summed E-state index contributed by atoms with van der Waals surface area (Å²) in [5.41, 5.74) is 12.6. The quantitative estimate of drug-likeness (QED) is 0.178. The summed E-state index contributed by atoms with van der Waals surface area (Å²) in [5, 5.41) is 5.17. The number of para-hydroxylation sites is 2. The van der Waals surface area contributed by atoms with E-state index >= 15 is 0 Å². The average Bonchev–Trinajstić information content (AvgIpc) is 3.71. The molecule has 0 radical (unpaired) electrons. The molecule has 10 aromatic rings. The molecule has 0 spiro atoms. The summed E-state index contributed by atoms with van der Waals surface area (Å²) in [6.45, 7) is 0. The monoisotopic (exact) mass is 611 g/mol. The Kier molecular flexibility index (Phi) is 5.87. The molecule has 3 heteroatoms. The highest BCUT2D eigenvalue weighted by molar-refractivity contribution is 6.25. The molecule has 0 aliphatic rings. The molecule has 48 heavy (non-hydrogen) atoms. The molecule has 8 aromatic carbocycles. The van der Waals surface area contributed by atoms with Crippen molar-refractivity contribution in [3.8, 4) is 45.0 Å². The lowest BCUT2D eigenvalue weighted by Crippen LogP contribution is -1.97. The summed E-state index contributed by atoms with van der Waals surface area (Å²) in [6.07, 6.45) is 0. The van der Waals surface area contributed by atoms with Gasteiger partial charge in [-0.05, 0) is 87.6 Å². The fourth-order valence-electron chi connectivity index (χ4n) is 7.45. The number of fused-ring (bicyclic) bond motifs is 1. The molecule has 0 saturated heterocycles. The molecule has 224 valence electrons. The first-order valence-corrected chi connectivity index (χ1v) is 16.4. The third kappa shape index (κ3) is 4.11. The van der Waals surface area contributed by atoms with Crippen LogP contribution in [0.15, 0.2) is 176 Å². The van der Waals surface area contributed by atoms with Crippen LogP contribution >= 0.6 is 0 Å². The molecule has 0 atom stereocenters. The maximum atomic E-state index is 5.24. The lowest BCUT2D eigenvalue weighted by Gasteiger charge is -2.11. The topological polar surface area (TPSA) is 22.8 Å². The summed E-state index contributed by atoms with van der Waals surface area (Å²) in [7, 11) is 0. The minimum atomic E-state index is 0.929. The highest BCUT2D eigenvalue weighted by Gasteiger charge is 2.19. The average molecular weight is 612 g/mol. The zero-order valence-corrected chi connectivity index (χ0v) is 26.1. The Balaban J connectivity index is 1.13. The molecule has 0 aliphatic carbocycles. The summed E-state index contributed by atoms with van der Waals surface area (Å²) in [6, 6.07) is 63.1. The number of rotatable bonds is 5. The van der Waals surface area contributed by atoms with Crippen LogP contribution in [0.5, 0.6) is 0 Å². The molecule has 0 aliphatic heterocycles. The number of hydrogen-bond donors (Lipinski definition) is 0. The number of benzene rings is 8. The van der Waals surface area contributed by atoms with E-state index in [9.17, 15) is 0 Å². The van der Waals surface area contributed by atoms with Gasteiger partial charge in [0.25, 0.3) is 0 Å². The van der Waals surface area contributed by atoms with Crippen molar-refractivity contribution in [2.24, 2.45) is 0 Å². The Morgan fingerprint density at radius 1 is 0.333 bits per heavy atom. The van der Waals surface area contributed by atoms with Gasteiger partial charge in [-0.15, -0.1) is 0 Å². The van der Waals surface area contributed by atoms with Gasteiger partial charge in [0, 0.05) is 27.7 Å². The summed E-state index contributed by atoms with van der Waals surface area (Å²) >= 11 is 0. The number of nitrogens with zero attached hydrogens (tertiary/aromatic N) is 3. The van der Waals surface area contributed by atoms with Gasteiger partial charge in [0.2, 0.25) is 0 Å². The Labute approximate surface area is 277 Å². The molecule has 3 nitrogen and oxygen atoms in total. The van der Waals surface area contributed by atoms with Crippen LogP contribution < -0.4 is 0 Å². The summed E-state index contributed by atoms with van der Waals surface area (Å²) in [4.78, 5) is 5.24. The molecule has 0 amide bonds. The van der Waals surface area contributed by atoms with Gasteiger partial charge in [-0.2, -0.15) is 0 Å². The smallest absolute Gasteiger partial charge is 0.145 e. The zero-order chi connectivity index (χ0) is 31.6. The second-order valence-corrected chi connectivity index (χ2v) is 12.5. The summed E-state index contributed by atoms with van der Waals surface area (Å²) in [5.74, 6) is 0.929. The highest BCUT2D eigenvalue weighted by atomic mass is 15.1. The first kappa shape index (κ1) is 26.7. The Bertz CT molecular complexity index is 2740. The molecular weight excluding hydrogens is 583 g/mol. The van der Waals surface area contributed by atoms with Crippen molar-refractivity contribution in [3.05, 3.63) is 176 Å². The van der Waals surface area contributed by atoms with E-state index in [4.69, 9.17) is 4.98 Å². The van der Waals surface area contributed by atoms with Gasteiger partial charge in [0.05, 0.1) is 22.1 Å². The standard InChI is InChI=1S/C45H29N3/c1-4-11-30(12-5-1)34-25-26-40-39(28-34)46-45(48(40)38-16-8-3-9-17-38)33-22-19-31(20-23-33)36-27-35-24-21-32-13-10-18-41-43(32)44(35)42(29-36)47(41)37-14-6-2-7-15-37/h1-29H. The number of imidazole rings is 1. The van der Waals surface area contributed by atoms with E-state index in [1.807, 2.05) is 0 Å². The van der Waals surface area contributed by atoms with E-state index in [1.165, 1.54) is 55.0 Å². The van der Waals surface area contributed by atoms with E-state index < -0.39 is 0 Å². The molecule has 2 aromatic heterocycles. The molecule has 2 heterocycles. The Morgan fingerprint density at radius 2 is 0.938 bits per heavy atom. The predicted octanol–water partition coefficient (Wildman–Crippen LogP) is 11.7. The molecule has 0 saturated carbocycles. The van der Waals surface area contributed by atoms with Gasteiger partial charge in [-0.3, -0.25) is 4.57 Å². The van der Waals surface area contributed by atoms with Crippen LogP contribution in [0.4, 0.5) is 0 Å². The molecule has 0 N–H and O–H groups in total. The van der Waals surface area contributed by atoms with Crippen LogP contribution in [0.3, 0.4) is 0 Å². The van der Waals surface area contributed by atoms with Gasteiger partial charge in [0.15, 0.2) is 0 Å². The molecule has 0 fully saturated rings. The first-order valence-electron chi connectivity index (χ1n) is 16.4.